The molecule has 6 aliphatic rings. The minimum atomic E-state index is -0.151. The molecule has 0 unspecified atom stereocenters. The van der Waals surface area contributed by atoms with Crippen molar-refractivity contribution >= 4 is 11.7 Å². The molecule has 4 nitrogen and oxygen atoms in total. The van der Waals surface area contributed by atoms with Crippen LogP contribution in [-0.4, -0.2) is 42.6 Å². The largest absolute Gasteiger partial charge is 0.469 e. The SMILES string of the molecule is COC(=O)[C@@H]1C[C@@]23CCCN4CC[C@@]5(c6ccccc6N[C@@]15CC2)[C@@H]43. The minimum Gasteiger partial charge on any atom is -0.469 e. The molecule has 0 radical (unpaired) electrons. The Hall–Kier alpha value is -1.55. The van der Waals surface area contributed by atoms with Crippen molar-refractivity contribution in [2.24, 2.45) is 11.3 Å². The zero-order chi connectivity index (χ0) is 16.9. The molecular formula is C21H26N2O2. The smallest absolute Gasteiger partial charge is 0.311 e. The fourth-order valence-electron chi connectivity index (χ4n) is 8.03. The van der Waals surface area contributed by atoms with Gasteiger partial charge in [0.15, 0.2) is 0 Å². The summed E-state index contributed by atoms with van der Waals surface area (Å²) in [6.07, 6.45) is 7.10. The summed E-state index contributed by atoms with van der Waals surface area (Å²) < 4.78 is 5.33. The fourth-order valence-corrected chi connectivity index (χ4v) is 8.03. The van der Waals surface area contributed by atoms with Crippen LogP contribution < -0.4 is 5.32 Å². The standard InChI is InChI=1S/C21H26N2O2/c1-25-17(24)15-13-19-7-4-11-23-12-10-20(18(19)23)14-5-2-3-6-16(14)22-21(15,20)9-8-19/h2-3,5-6,15,18,22H,4,7-13H2,1H3/t15-,18-,19+,20+,21-/m0/s1. The molecule has 5 fully saturated rings. The van der Waals surface area contributed by atoms with Gasteiger partial charge in [-0.3, -0.25) is 9.69 Å². The lowest BCUT2D eigenvalue weighted by molar-refractivity contribution is -0.171. The molecule has 25 heavy (non-hydrogen) atoms. The molecule has 1 aromatic rings. The fraction of sp³-hybridized carbons (Fsp3) is 0.667. The Balaban J connectivity index is 1.65. The number of ether oxygens (including phenoxy) is 1. The van der Waals surface area contributed by atoms with E-state index < -0.39 is 0 Å². The average Bonchev–Trinajstić information content (AvgIpc) is 3.19. The first-order chi connectivity index (χ1) is 12.2. The van der Waals surface area contributed by atoms with Crippen molar-refractivity contribution in [1.82, 2.24) is 4.90 Å². The normalized spacial score (nSPS) is 46.1. The van der Waals surface area contributed by atoms with Crippen molar-refractivity contribution in [2.75, 3.05) is 25.5 Å². The lowest BCUT2D eigenvalue weighted by atomic mass is 9.39. The van der Waals surface area contributed by atoms with Crippen LogP contribution in [0.5, 0.6) is 0 Å². The second-order valence-corrected chi connectivity index (χ2v) is 9.05. The molecule has 2 saturated heterocycles. The number of para-hydroxylation sites is 1. The van der Waals surface area contributed by atoms with Gasteiger partial charge in [0.05, 0.1) is 18.6 Å². The lowest BCUT2D eigenvalue weighted by Gasteiger charge is -2.69. The molecule has 3 aliphatic carbocycles. The quantitative estimate of drug-likeness (QED) is 0.800. The van der Waals surface area contributed by atoms with Gasteiger partial charge in [-0.1, -0.05) is 18.2 Å². The summed E-state index contributed by atoms with van der Waals surface area (Å²) in [6.45, 7) is 2.41. The van der Waals surface area contributed by atoms with E-state index in [2.05, 4.69) is 34.5 Å². The second kappa shape index (κ2) is 4.40. The van der Waals surface area contributed by atoms with Gasteiger partial charge in [-0.2, -0.15) is 0 Å². The Morgan fingerprint density at radius 3 is 2.96 bits per heavy atom. The first-order valence-electron chi connectivity index (χ1n) is 9.87. The minimum absolute atomic E-state index is 0.00114. The molecule has 7 rings (SSSR count). The molecule has 132 valence electrons. The third kappa shape index (κ3) is 1.38. The second-order valence-electron chi connectivity index (χ2n) is 9.05. The predicted octanol–water partition coefficient (Wildman–Crippen LogP) is 2.93. The molecule has 5 atom stereocenters. The van der Waals surface area contributed by atoms with E-state index in [9.17, 15) is 4.79 Å². The number of methoxy groups -OCH3 is 1. The van der Waals surface area contributed by atoms with E-state index in [4.69, 9.17) is 4.74 Å². The Morgan fingerprint density at radius 2 is 2.08 bits per heavy atom. The van der Waals surface area contributed by atoms with Crippen LogP contribution in [0.4, 0.5) is 5.69 Å². The summed E-state index contributed by atoms with van der Waals surface area (Å²) in [5.41, 5.74) is 2.97. The highest BCUT2D eigenvalue weighted by Crippen LogP contribution is 2.74. The monoisotopic (exact) mass is 338 g/mol. The van der Waals surface area contributed by atoms with Gasteiger partial charge >= 0.3 is 5.97 Å². The number of rotatable bonds is 1. The third-order valence-corrected chi connectivity index (χ3v) is 8.60. The van der Waals surface area contributed by atoms with Crippen molar-refractivity contribution in [3.8, 4) is 0 Å². The van der Waals surface area contributed by atoms with Crippen LogP contribution in [-0.2, 0) is 14.9 Å². The number of carbonyl (C=O) groups is 1. The molecule has 3 aliphatic heterocycles. The van der Waals surface area contributed by atoms with Crippen LogP contribution in [0.2, 0.25) is 0 Å². The summed E-state index contributed by atoms with van der Waals surface area (Å²) in [7, 11) is 1.56. The lowest BCUT2D eigenvalue weighted by Crippen LogP contribution is -2.76. The van der Waals surface area contributed by atoms with Gasteiger partial charge in [-0.05, 0) is 68.7 Å². The molecular weight excluding hydrogens is 312 g/mol. The average molecular weight is 338 g/mol. The van der Waals surface area contributed by atoms with Gasteiger partial charge in [0.25, 0.3) is 0 Å². The molecule has 2 bridgehead atoms. The number of nitrogens with zero attached hydrogens (tertiary/aromatic N) is 1. The molecule has 1 aromatic carbocycles. The van der Waals surface area contributed by atoms with E-state index >= 15 is 0 Å². The summed E-state index contributed by atoms with van der Waals surface area (Å²) in [6, 6.07) is 9.45. The van der Waals surface area contributed by atoms with Gasteiger partial charge in [-0.25, -0.2) is 0 Å². The molecule has 0 aromatic heterocycles. The summed E-state index contributed by atoms with van der Waals surface area (Å²) in [5.74, 6) is -0.0193. The highest BCUT2D eigenvalue weighted by molar-refractivity contribution is 5.80. The van der Waals surface area contributed by atoms with Gasteiger partial charge in [0.2, 0.25) is 0 Å². The third-order valence-electron chi connectivity index (χ3n) is 8.60. The van der Waals surface area contributed by atoms with E-state index in [1.54, 1.807) is 7.11 Å². The van der Waals surface area contributed by atoms with E-state index in [1.165, 1.54) is 50.0 Å². The number of fused-ring (bicyclic) bond motifs is 3. The van der Waals surface area contributed by atoms with Gasteiger partial charge in [0, 0.05) is 17.1 Å². The van der Waals surface area contributed by atoms with Crippen LogP contribution in [0, 0.1) is 11.3 Å². The number of esters is 1. The van der Waals surface area contributed by atoms with E-state index in [0.29, 0.717) is 11.5 Å². The van der Waals surface area contributed by atoms with Gasteiger partial charge in [0.1, 0.15) is 0 Å². The van der Waals surface area contributed by atoms with Crippen molar-refractivity contribution in [2.45, 2.75) is 55.5 Å². The van der Waals surface area contributed by atoms with Gasteiger partial charge in [-0.15, -0.1) is 0 Å². The number of hydrogen-bond donors (Lipinski definition) is 1. The number of carbonyl (C=O) groups excluding carboxylic acids is 1. The van der Waals surface area contributed by atoms with Crippen LogP contribution in [0.15, 0.2) is 24.3 Å². The van der Waals surface area contributed by atoms with Crippen LogP contribution >= 0.6 is 0 Å². The molecule has 3 spiro atoms. The topological polar surface area (TPSA) is 41.6 Å². The van der Waals surface area contributed by atoms with Crippen LogP contribution in [0.25, 0.3) is 0 Å². The van der Waals surface area contributed by atoms with E-state index in [1.807, 2.05) is 0 Å². The molecule has 3 saturated carbocycles. The van der Waals surface area contributed by atoms with Crippen LogP contribution in [0.3, 0.4) is 0 Å². The van der Waals surface area contributed by atoms with Crippen molar-refractivity contribution in [1.29, 1.82) is 0 Å². The Morgan fingerprint density at radius 1 is 1.20 bits per heavy atom. The number of anilines is 1. The van der Waals surface area contributed by atoms with Crippen LogP contribution in [0.1, 0.15) is 44.1 Å². The maximum atomic E-state index is 12.9. The summed E-state index contributed by atoms with van der Waals surface area (Å²) in [4.78, 5) is 15.7. The zero-order valence-electron chi connectivity index (χ0n) is 14.9. The Bertz CT molecular complexity index is 779. The highest BCUT2D eigenvalue weighted by Gasteiger charge is 2.78. The Kier molecular flexibility index (Phi) is 2.57. The number of hydrogen-bond acceptors (Lipinski definition) is 4. The van der Waals surface area contributed by atoms with E-state index in [0.717, 1.165) is 12.8 Å². The van der Waals surface area contributed by atoms with E-state index in [-0.39, 0.29) is 22.8 Å². The van der Waals surface area contributed by atoms with Crippen molar-refractivity contribution < 1.29 is 9.53 Å². The predicted molar refractivity (Wildman–Crippen MR) is 95.5 cm³/mol. The molecule has 4 heteroatoms. The summed E-state index contributed by atoms with van der Waals surface area (Å²) >= 11 is 0. The van der Waals surface area contributed by atoms with Crippen molar-refractivity contribution in [3.05, 3.63) is 29.8 Å². The molecule has 3 heterocycles. The summed E-state index contributed by atoms with van der Waals surface area (Å²) in [5, 5.41) is 3.92. The highest BCUT2D eigenvalue weighted by atomic mass is 16.5. The number of nitrogens with one attached hydrogen (secondary N) is 1. The number of piperidine rings is 1. The molecule has 0 amide bonds. The van der Waals surface area contributed by atoms with Gasteiger partial charge < -0.3 is 10.1 Å². The Labute approximate surface area is 148 Å². The zero-order valence-corrected chi connectivity index (χ0v) is 14.9. The van der Waals surface area contributed by atoms with Crippen molar-refractivity contribution in [3.63, 3.8) is 0 Å². The maximum absolute atomic E-state index is 12.9. The first kappa shape index (κ1) is 14.6. The molecule has 1 N–H and O–H groups in total. The first-order valence-corrected chi connectivity index (χ1v) is 9.87. The maximum Gasteiger partial charge on any atom is 0.311 e. The number of benzene rings is 1.